The summed E-state index contributed by atoms with van der Waals surface area (Å²) < 4.78 is 20.0. The van der Waals surface area contributed by atoms with Crippen LogP contribution in [0.15, 0.2) is 58.0 Å². The van der Waals surface area contributed by atoms with Crippen LogP contribution < -0.4 is 5.56 Å². The standard InChI is InChI=1S/C17H10FN5O4/c18-11-3-6-13-14(7-11)19-9-22(17(13)24)8-15-20-21-16(27-15)10-1-4-12(5-2-10)23(25)26/h1-7,9H,8H2. The van der Waals surface area contributed by atoms with Crippen LogP contribution in [0.1, 0.15) is 5.89 Å². The van der Waals surface area contributed by atoms with Crippen molar-refractivity contribution in [2.45, 2.75) is 6.54 Å². The van der Waals surface area contributed by atoms with Crippen molar-refractivity contribution in [1.82, 2.24) is 19.7 Å². The Hall–Kier alpha value is -3.95. The van der Waals surface area contributed by atoms with E-state index in [0.717, 1.165) is 0 Å². The third kappa shape index (κ3) is 3.15. The number of nitro benzene ring substituents is 1. The zero-order valence-electron chi connectivity index (χ0n) is 13.6. The molecule has 0 amide bonds. The van der Waals surface area contributed by atoms with E-state index in [1.807, 2.05) is 0 Å². The van der Waals surface area contributed by atoms with E-state index in [4.69, 9.17) is 4.42 Å². The van der Waals surface area contributed by atoms with Crippen molar-refractivity contribution in [3.8, 4) is 11.5 Å². The molecule has 4 aromatic rings. The van der Waals surface area contributed by atoms with Gasteiger partial charge in [-0.15, -0.1) is 10.2 Å². The molecule has 0 N–H and O–H groups in total. The molecule has 0 unspecified atom stereocenters. The molecule has 0 saturated heterocycles. The second-order valence-electron chi connectivity index (χ2n) is 5.64. The van der Waals surface area contributed by atoms with Crippen LogP contribution >= 0.6 is 0 Å². The van der Waals surface area contributed by atoms with E-state index in [2.05, 4.69) is 15.2 Å². The summed E-state index contributed by atoms with van der Waals surface area (Å²) in [6.07, 6.45) is 1.28. The highest BCUT2D eigenvalue weighted by Crippen LogP contribution is 2.21. The van der Waals surface area contributed by atoms with E-state index in [9.17, 15) is 19.3 Å². The van der Waals surface area contributed by atoms with Gasteiger partial charge in [-0.25, -0.2) is 9.37 Å². The number of nitro groups is 1. The smallest absolute Gasteiger partial charge is 0.269 e. The number of nitrogens with zero attached hydrogens (tertiary/aromatic N) is 5. The van der Waals surface area contributed by atoms with Crippen LogP contribution in [0, 0.1) is 15.9 Å². The summed E-state index contributed by atoms with van der Waals surface area (Å²) in [6.45, 7) is -0.0148. The first kappa shape index (κ1) is 16.5. The monoisotopic (exact) mass is 367 g/mol. The van der Waals surface area contributed by atoms with Gasteiger partial charge in [0.1, 0.15) is 12.4 Å². The molecule has 0 spiro atoms. The van der Waals surface area contributed by atoms with Crippen molar-refractivity contribution in [1.29, 1.82) is 0 Å². The van der Waals surface area contributed by atoms with Gasteiger partial charge in [0.25, 0.3) is 11.2 Å². The van der Waals surface area contributed by atoms with Crippen molar-refractivity contribution in [2.75, 3.05) is 0 Å². The van der Waals surface area contributed by atoms with Gasteiger partial charge in [-0.05, 0) is 24.3 Å². The van der Waals surface area contributed by atoms with E-state index in [0.29, 0.717) is 5.56 Å². The number of rotatable bonds is 4. The average molecular weight is 367 g/mol. The Kier molecular flexibility index (Phi) is 3.92. The largest absolute Gasteiger partial charge is 0.419 e. The van der Waals surface area contributed by atoms with Gasteiger partial charge in [0.2, 0.25) is 11.8 Å². The lowest BCUT2D eigenvalue weighted by Crippen LogP contribution is -2.21. The van der Waals surface area contributed by atoms with Crippen molar-refractivity contribution in [3.63, 3.8) is 0 Å². The first-order valence-corrected chi connectivity index (χ1v) is 7.73. The summed E-state index contributed by atoms with van der Waals surface area (Å²) in [5.74, 6) is -0.144. The molecule has 0 aliphatic carbocycles. The molecule has 4 rings (SSSR count). The number of fused-ring (bicyclic) bond motifs is 1. The van der Waals surface area contributed by atoms with Crippen LogP contribution in [0.25, 0.3) is 22.4 Å². The van der Waals surface area contributed by atoms with E-state index < -0.39 is 10.7 Å². The molecule has 0 fully saturated rings. The van der Waals surface area contributed by atoms with Crippen molar-refractivity contribution >= 4 is 16.6 Å². The summed E-state index contributed by atoms with van der Waals surface area (Å²) in [7, 11) is 0. The second-order valence-corrected chi connectivity index (χ2v) is 5.64. The third-order valence-corrected chi connectivity index (χ3v) is 3.88. The van der Waals surface area contributed by atoms with E-state index in [-0.39, 0.29) is 40.5 Å². The zero-order chi connectivity index (χ0) is 19.0. The molecule has 134 valence electrons. The molecule has 0 bridgehead atoms. The molecule has 9 nitrogen and oxygen atoms in total. The fraction of sp³-hybridized carbons (Fsp3) is 0.0588. The van der Waals surface area contributed by atoms with Gasteiger partial charge in [-0.3, -0.25) is 19.5 Å². The van der Waals surface area contributed by atoms with Gasteiger partial charge < -0.3 is 4.42 Å². The summed E-state index contributed by atoms with van der Waals surface area (Å²) in [5.41, 5.74) is 0.353. The number of aromatic nitrogens is 4. The van der Waals surface area contributed by atoms with Gasteiger partial charge >= 0.3 is 0 Å². The predicted octanol–water partition coefficient (Wildman–Crippen LogP) is 2.54. The zero-order valence-corrected chi connectivity index (χ0v) is 13.6. The highest BCUT2D eigenvalue weighted by molar-refractivity contribution is 5.77. The number of hydrogen-bond acceptors (Lipinski definition) is 7. The molecule has 0 radical (unpaired) electrons. The fourth-order valence-corrected chi connectivity index (χ4v) is 2.55. The lowest BCUT2D eigenvalue weighted by molar-refractivity contribution is -0.384. The first-order chi connectivity index (χ1) is 13.0. The Morgan fingerprint density at radius 2 is 1.93 bits per heavy atom. The highest BCUT2D eigenvalue weighted by atomic mass is 19.1. The topological polar surface area (TPSA) is 117 Å². The molecule has 27 heavy (non-hydrogen) atoms. The Bertz CT molecular complexity index is 1220. The van der Waals surface area contributed by atoms with E-state index >= 15 is 0 Å². The number of hydrogen-bond donors (Lipinski definition) is 0. The van der Waals surface area contributed by atoms with Crippen LogP contribution in [-0.2, 0) is 6.54 Å². The van der Waals surface area contributed by atoms with E-state index in [1.54, 1.807) is 0 Å². The summed E-state index contributed by atoms with van der Waals surface area (Å²) in [6, 6.07) is 9.38. The molecular formula is C17H10FN5O4. The van der Waals surface area contributed by atoms with Crippen LogP contribution in [0.2, 0.25) is 0 Å². The van der Waals surface area contributed by atoms with Crippen LogP contribution in [0.3, 0.4) is 0 Å². The molecule has 0 atom stereocenters. The van der Waals surface area contributed by atoms with Gasteiger partial charge in [0, 0.05) is 23.8 Å². The van der Waals surface area contributed by atoms with E-state index in [1.165, 1.54) is 53.4 Å². The number of halogens is 1. The molecule has 0 saturated carbocycles. The maximum absolute atomic E-state index is 13.2. The Labute approximate surface area is 149 Å². The number of non-ortho nitro benzene ring substituents is 1. The Balaban J connectivity index is 1.62. The SMILES string of the molecule is O=c1c2ccc(F)cc2ncn1Cc1nnc(-c2ccc([N+](=O)[O-])cc2)o1. The quantitative estimate of drug-likeness (QED) is 0.402. The van der Waals surface area contributed by atoms with Gasteiger partial charge in [0.15, 0.2) is 0 Å². The van der Waals surface area contributed by atoms with Gasteiger partial charge in [-0.2, -0.15) is 0 Å². The lowest BCUT2D eigenvalue weighted by atomic mass is 10.2. The van der Waals surface area contributed by atoms with Crippen molar-refractivity contribution in [2.24, 2.45) is 0 Å². The molecule has 0 aliphatic heterocycles. The molecular weight excluding hydrogens is 357 g/mol. The van der Waals surface area contributed by atoms with Gasteiger partial charge in [-0.1, -0.05) is 0 Å². The summed E-state index contributed by atoms with van der Waals surface area (Å²) >= 11 is 0. The predicted molar refractivity (Wildman–Crippen MR) is 91.5 cm³/mol. The normalized spacial score (nSPS) is 11.0. The lowest BCUT2D eigenvalue weighted by Gasteiger charge is -2.03. The van der Waals surface area contributed by atoms with Crippen molar-refractivity contribution < 1.29 is 13.7 Å². The minimum atomic E-state index is -0.506. The summed E-state index contributed by atoms with van der Waals surface area (Å²) in [4.78, 5) is 26.7. The Morgan fingerprint density at radius 1 is 1.15 bits per heavy atom. The molecule has 0 aliphatic rings. The van der Waals surface area contributed by atoms with Gasteiger partial charge in [0.05, 0.1) is 22.2 Å². The molecule has 2 heterocycles. The fourth-order valence-electron chi connectivity index (χ4n) is 2.55. The average Bonchev–Trinajstić information content (AvgIpc) is 3.12. The van der Waals surface area contributed by atoms with Crippen LogP contribution in [0.5, 0.6) is 0 Å². The third-order valence-electron chi connectivity index (χ3n) is 3.88. The molecule has 2 aromatic carbocycles. The minimum absolute atomic E-state index is 0.0148. The highest BCUT2D eigenvalue weighted by Gasteiger charge is 2.13. The van der Waals surface area contributed by atoms with Crippen molar-refractivity contribution in [3.05, 3.63) is 81.0 Å². The van der Waals surface area contributed by atoms with Crippen LogP contribution in [0.4, 0.5) is 10.1 Å². The molecule has 2 aromatic heterocycles. The molecule has 10 heteroatoms. The maximum Gasteiger partial charge on any atom is 0.269 e. The minimum Gasteiger partial charge on any atom is -0.419 e. The summed E-state index contributed by atoms with van der Waals surface area (Å²) in [5, 5.41) is 18.7. The second kappa shape index (κ2) is 6.41. The Morgan fingerprint density at radius 3 is 2.67 bits per heavy atom. The van der Waals surface area contributed by atoms with Crippen LogP contribution in [-0.4, -0.2) is 24.7 Å². The number of benzene rings is 2. The first-order valence-electron chi connectivity index (χ1n) is 7.73. The maximum atomic E-state index is 13.2.